The van der Waals surface area contributed by atoms with E-state index < -0.39 is 24.3 Å². The van der Waals surface area contributed by atoms with E-state index in [-0.39, 0.29) is 6.29 Å². The van der Waals surface area contributed by atoms with Crippen molar-refractivity contribution in [1.29, 1.82) is 0 Å². The Labute approximate surface area is 151 Å². The van der Waals surface area contributed by atoms with Crippen LogP contribution in [0.15, 0.2) is 11.5 Å². The zero-order chi connectivity index (χ0) is 18.5. The van der Waals surface area contributed by atoms with Crippen molar-refractivity contribution in [1.82, 2.24) is 0 Å². The van der Waals surface area contributed by atoms with Gasteiger partial charge in [0.05, 0.1) is 29.9 Å². The van der Waals surface area contributed by atoms with Crippen molar-refractivity contribution in [2.24, 2.45) is 0 Å². The first-order chi connectivity index (χ1) is 11.8. The van der Waals surface area contributed by atoms with Crippen molar-refractivity contribution in [2.75, 3.05) is 19.8 Å². The smallest absolute Gasteiger partial charge is 0.463 e. The molecule has 142 valence electrons. The highest BCUT2D eigenvalue weighted by molar-refractivity contribution is 6.61. The molecule has 0 spiro atoms. The Kier molecular flexibility index (Phi) is 7.08. The second-order valence-corrected chi connectivity index (χ2v) is 7.42. The van der Waals surface area contributed by atoms with Crippen molar-refractivity contribution in [2.45, 2.75) is 77.8 Å². The van der Waals surface area contributed by atoms with Crippen LogP contribution in [0.3, 0.4) is 0 Å². The van der Waals surface area contributed by atoms with Crippen molar-refractivity contribution in [3.05, 3.63) is 11.5 Å². The molecule has 0 saturated carbocycles. The molecule has 0 amide bonds. The predicted molar refractivity (Wildman–Crippen MR) is 95.0 cm³/mol. The van der Waals surface area contributed by atoms with Crippen LogP contribution in [0.5, 0.6) is 0 Å². The van der Waals surface area contributed by atoms with Crippen LogP contribution in [0, 0.1) is 0 Å². The first-order valence-electron chi connectivity index (χ1n) is 9.23. The lowest BCUT2D eigenvalue weighted by atomic mass is 9.77. The van der Waals surface area contributed by atoms with E-state index in [1.165, 1.54) is 0 Å². The van der Waals surface area contributed by atoms with Gasteiger partial charge in [-0.2, -0.15) is 0 Å². The van der Waals surface area contributed by atoms with E-state index in [9.17, 15) is 4.79 Å². The Balaban J connectivity index is 1.97. The van der Waals surface area contributed by atoms with Crippen LogP contribution in [0.4, 0.5) is 0 Å². The Hall–Kier alpha value is -0.885. The average molecular weight is 354 g/mol. The van der Waals surface area contributed by atoms with Gasteiger partial charge >= 0.3 is 13.1 Å². The summed E-state index contributed by atoms with van der Waals surface area (Å²) >= 11 is 0. The van der Waals surface area contributed by atoms with Crippen LogP contribution in [-0.2, 0) is 28.3 Å². The molecule has 2 aliphatic heterocycles. The van der Waals surface area contributed by atoms with E-state index in [1.807, 2.05) is 27.7 Å². The summed E-state index contributed by atoms with van der Waals surface area (Å²) in [7, 11) is -0.727. The Morgan fingerprint density at radius 1 is 1.20 bits per heavy atom. The summed E-state index contributed by atoms with van der Waals surface area (Å²) in [5.74, 6) is -0.407. The fourth-order valence-electron chi connectivity index (χ4n) is 2.72. The molecule has 25 heavy (non-hydrogen) atoms. The lowest BCUT2D eigenvalue weighted by molar-refractivity contribution is -0.161. The molecule has 1 unspecified atom stereocenters. The van der Waals surface area contributed by atoms with Crippen molar-refractivity contribution in [3.63, 3.8) is 0 Å². The molecule has 2 aliphatic rings. The molecule has 0 aliphatic carbocycles. The molecule has 7 heteroatoms. The first kappa shape index (κ1) is 20.4. The zero-order valence-corrected chi connectivity index (χ0v) is 16.1. The predicted octanol–water partition coefficient (Wildman–Crippen LogP) is 3.04. The summed E-state index contributed by atoms with van der Waals surface area (Å²) in [6, 6.07) is 0. The van der Waals surface area contributed by atoms with Gasteiger partial charge in [0.1, 0.15) is 0 Å². The maximum Gasteiger partial charge on any atom is 0.502 e. The van der Waals surface area contributed by atoms with Crippen LogP contribution in [0.25, 0.3) is 0 Å². The number of esters is 1. The van der Waals surface area contributed by atoms with Gasteiger partial charge < -0.3 is 23.5 Å². The second-order valence-electron chi connectivity index (χ2n) is 7.42. The van der Waals surface area contributed by atoms with Gasteiger partial charge in [-0.3, -0.25) is 0 Å². The van der Waals surface area contributed by atoms with E-state index in [2.05, 4.69) is 0 Å². The molecule has 0 radical (unpaired) electrons. The average Bonchev–Trinajstić information content (AvgIpc) is 2.76. The third kappa shape index (κ3) is 5.30. The standard InChI is InChI=1S/C18H31BO6/c1-6-21-16(20)14(19-24-17(2,3)18(4,5)25-19)10-9-13-23-15-11-7-8-12-22-15/h10,15H,6-9,11-13H2,1-5H3/b14-10+. The summed E-state index contributed by atoms with van der Waals surface area (Å²) in [5, 5.41) is 0. The molecular formula is C18H31BO6. The van der Waals surface area contributed by atoms with E-state index in [1.54, 1.807) is 13.0 Å². The highest BCUT2D eigenvalue weighted by Crippen LogP contribution is 2.38. The molecule has 0 N–H and O–H groups in total. The number of hydrogen-bond donors (Lipinski definition) is 0. The SMILES string of the molecule is CCOC(=O)/C(=C\CCOC1CCCCO1)B1OC(C)(C)C(C)(C)O1. The lowest BCUT2D eigenvalue weighted by Gasteiger charge is -2.32. The van der Waals surface area contributed by atoms with Crippen molar-refractivity contribution < 1.29 is 28.3 Å². The molecule has 2 heterocycles. The number of ether oxygens (including phenoxy) is 3. The molecule has 2 fully saturated rings. The van der Waals surface area contributed by atoms with E-state index in [4.69, 9.17) is 23.5 Å². The van der Waals surface area contributed by atoms with Gasteiger partial charge in [0.2, 0.25) is 0 Å². The summed E-state index contributed by atoms with van der Waals surface area (Å²) in [5.41, 5.74) is -0.612. The van der Waals surface area contributed by atoms with E-state index in [0.717, 1.165) is 25.9 Å². The van der Waals surface area contributed by atoms with Crippen LogP contribution in [0.1, 0.15) is 60.3 Å². The van der Waals surface area contributed by atoms with Crippen LogP contribution >= 0.6 is 0 Å². The second kappa shape index (κ2) is 8.67. The highest BCUT2D eigenvalue weighted by Gasteiger charge is 2.53. The molecule has 0 aromatic heterocycles. The minimum Gasteiger partial charge on any atom is -0.463 e. The van der Waals surface area contributed by atoms with Gasteiger partial charge in [0.15, 0.2) is 6.29 Å². The third-order valence-electron chi connectivity index (χ3n) is 4.94. The van der Waals surface area contributed by atoms with Gasteiger partial charge in [-0.1, -0.05) is 6.08 Å². The Morgan fingerprint density at radius 3 is 2.44 bits per heavy atom. The highest BCUT2D eigenvalue weighted by atomic mass is 16.7. The number of hydrogen-bond acceptors (Lipinski definition) is 6. The monoisotopic (exact) mass is 354 g/mol. The molecule has 1 atom stereocenters. The van der Waals surface area contributed by atoms with Gasteiger partial charge in [0, 0.05) is 6.61 Å². The molecule has 0 bridgehead atoms. The molecule has 2 saturated heterocycles. The largest absolute Gasteiger partial charge is 0.502 e. The first-order valence-corrected chi connectivity index (χ1v) is 9.23. The summed E-state index contributed by atoms with van der Waals surface area (Å²) in [4.78, 5) is 12.3. The van der Waals surface area contributed by atoms with E-state index in [0.29, 0.717) is 25.1 Å². The maximum atomic E-state index is 12.3. The van der Waals surface area contributed by atoms with Gasteiger partial charge in [-0.15, -0.1) is 0 Å². The van der Waals surface area contributed by atoms with E-state index >= 15 is 0 Å². The minimum atomic E-state index is -0.727. The third-order valence-corrected chi connectivity index (χ3v) is 4.94. The summed E-state index contributed by atoms with van der Waals surface area (Å²) in [6.07, 6.45) is 5.37. The Morgan fingerprint density at radius 2 is 1.88 bits per heavy atom. The van der Waals surface area contributed by atoms with Crippen LogP contribution in [0.2, 0.25) is 0 Å². The molecule has 0 aromatic carbocycles. The normalized spacial score (nSPS) is 25.9. The number of carbonyl (C=O) groups is 1. The number of carbonyl (C=O) groups excluding carboxylic acids is 1. The fourth-order valence-corrected chi connectivity index (χ4v) is 2.72. The summed E-state index contributed by atoms with van der Waals surface area (Å²) in [6.45, 7) is 11.2. The maximum absolute atomic E-state index is 12.3. The minimum absolute atomic E-state index is 0.134. The van der Waals surface area contributed by atoms with Crippen molar-refractivity contribution >= 4 is 13.1 Å². The molecule has 0 aromatic rings. The Bertz CT molecular complexity index is 466. The topological polar surface area (TPSA) is 63.2 Å². The van der Waals surface area contributed by atoms with Crippen molar-refractivity contribution in [3.8, 4) is 0 Å². The number of rotatable bonds is 7. The zero-order valence-electron chi connectivity index (χ0n) is 16.1. The lowest BCUT2D eigenvalue weighted by Crippen LogP contribution is -2.41. The summed E-state index contributed by atoms with van der Waals surface area (Å²) < 4.78 is 28.4. The van der Waals surface area contributed by atoms with Gasteiger partial charge in [0.25, 0.3) is 0 Å². The van der Waals surface area contributed by atoms with Gasteiger partial charge in [-0.25, -0.2) is 4.79 Å². The van der Waals surface area contributed by atoms with Crippen LogP contribution in [-0.4, -0.2) is 50.4 Å². The molecule has 2 rings (SSSR count). The molecular weight excluding hydrogens is 323 g/mol. The quantitative estimate of drug-likeness (QED) is 0.303. The van der Waals surface area contributed by atoms with Gasteiger partial charge in [-0.05, 0) is 60.3 Å². The fraction of sp³-hybridized carbons (Fsp3) is 0.833. The van der Waals surface area contributed by atoms with Crippen LogP contribution < -0.4 is 0 Å². The molecule has 6 nitrogen and oxygen atoms in total.